The fraction of sp³-hybridized carbons (Fsp3) is 0.357. The molecule has 0 radical (unpaired) electrons. The van der Waals surface area contributed by atoms with Gasteiger partial charge in [0.05, 0.1) is 15.9 Å². The molecule has 0 bridgehead atoms. The van der Waals surface area contributed by atoms with Crippen LogP contribution in [0.1, 0.15) is 17.0 Å². The molecule has 1 aromatic carbocycles. The first kappa shape index (κ1) is 14.1. The number of hydrogen-bond acceptors (Lipinski definition) is 3. The Morgan fingerprint density at radius 1 is 1.37 bits per heavy atom. The van der Waals surface area contributed by atoms with Gasteiger partial charge in [-0.25, -0.2) is 0 Å². The van der Waals surface area contributed by atoms with Crippen LogP contribution >= 0.6 is 15.9 Å². The summed E-state index contributed by atoms with van der Waals surface area (Å²) in [5.41, 5.74) is 3.28. The summed E-state index contributed by atoms with van der Waals surface area (Å²) in [6.45, 7) is 3.34. The van der Waals surface area contributed by atoms with E-state index < -0.39 is 0 Å². The number of ether oxygens (including phenoxy) is 1. The van der Waals surface area contributed by atoms with E-state index >= 15 is 0 Å². The van der Waals surface area contributed by atoms with Crippen LogP contribution in [0.3, 0.4) is 0 Å². The fourth-order valence-corrected chi connectivity index (χ4v) is 2.47. The summed E-state index contributed by atoms with van der Waals surface area (Å²) in [6.07, 6.45) is 0. The van der Waals surface area contributed by atoms with Gasteiger partial charge in [0.15, 0.2) is 0 Å². The van der Waals surface area contributed by atoms with Gasteiger partial charge in [-0.2, -0.15) is 5.10 Å². The Morgan fingerprint density at radius 2 is 2.16 bits per heavy atom. The molecule has 5 heteroatoms. The molecule has 0 saturated heterocycles. The molecule has 1 aromatic heterocycles. The lowest BCUT2D eigenvalue weighted by Gasteiger charge is -2.10. The molecule has 2 aromatic rings. The van der Waals surface area contributed by atoms with E-state index in [4.69, 9.17) is 4.74 Å². The minimum Gasteiger partial charge on any atom is -0.486 e. The highest BCUT2D eigenvalue weighted by molar-refractivity contribution is 9.10. The number of aromatic nitrogens is 2. The summed E-state index contributed by atoms with van der Waals surface area (Å²) in [4.78, 5) is 0. The Labute approximate surface area is 121 Å². The Bertz CT molecular complexity index is 566. The van der Waals surface area contributed by atoms with Crippen molar-refractivity contribution >= 4 is 15.9 Å². The summed E-state index contributed by atoms with van der Waals surface area (Å²) in [7, 11) is 3.86. The van der Waals surface area contributed by atoms with E-state index in [9.17, 15) is 0 Å². The highest BCUT2D eigenvalue weighted by Gasteiger charge is 2.06. The molecule has 0 spiro atoms. The molecule has 0 unspecified atom stereocenters. The maximum Gasteiger partial charge on any atom is 0.134 e. The quantitative estimate of drug-likeness (QED) is 0.919. The number of halogens is 1. The van der Waals surface area contributed by atoms with Gasteiger partial charge in [0.25, 0.3) is 0 Å². The van der Waals surface area contributed by atoms with E-state index in [2.05, 4.69) is 38.5 Å². The maximum atomic E-state index is 5.82. The average molecular weight is 324 g/mol. The molecular weight excluding hydrogens is 306 g/mol. The van der Waals surface area contributed by atoms with Crippen LogP contribution in [0.25, 0.3) is 0 Å². The Balaban J connectivity index is 2.05. The van der Waals surface area contributed by atoms with Gasteiger partial charge in [-0.3, -0.25) is 4.68 Å². The van der Waals surface area contributed by atoms with E-state index in [1.807, 2.05) is 37.8 Å². The van der Waals surface area contributed by atoms with Crippen molar-refractivity contribution in [2.75, 3.05) is 7.05 Å². The Hall–Kier alpha value is -1.33. The lowest BCUT2D eigenvalue weighted by atomic mass is 10.2. The Kier molecular flexibility index (Phi) is 4.61. The molecule has 0 fully saturated rings. The molecule has 0 atom stereocenters. The summed E-state index contributed by atoms with van der Waals surface area (Å²) in [5, 5.41) is 7.43. The van der Waals surface area contributed by atoms with Crippen molar-refractivity contribution in [3.8, 4) is 5.75 Å². The second-order valence-electron chi connectivity index (χ2n) is 4.48. The molecule has 4 nitrogen and oxygen atoms in total. The maximum absolute atomic E-state index is 5.82. The molecule has 1 N–H and O–H groups in total. The predicted octanol–water partition coefficient (Wildman–Crippen LogP) is 2.79. The van der Waals surface area contributed by atoms with Crippen LogP contribution in [0.5, 0.6) is 5.75 Å². The smallest absolute Gasteiger partial charge is 0.134 e. The third-order valence-electron chi connectivity index (χ3n) is 2.85. The van der Waals surface area contributed by atoms with Gasteiger partial charge < -0.3 is 10.1 Å². The topological polar surface area (TPSA) is 39.1 Å². The lowest BCUT2D eigenvalue weighted by molar-refractivity contribution is 0.293. The summed E-state index contributed by atoms with van der Waals surface area (Å²) >= 11 is 3.54. The van der Waals surface area contributed by atoms with Crippen molar-refractivity contribution in [2.45, 2.75) is 20.1 Å². The molecule has 1 heterocycles. The zero-order chi connectivity index (χ0) is 13.8. The van der Waals surface area contributed by atoms with Crippen molar-refractivity contribution in [2.24, 2.45) is 7.05 Å². The van der Waals surface area contributed by atoms with Gasteiger partial charge in [0, 0.05) is 13.6 Å². The number of rotatable bonds is 5. The van der Waals surface area contributed by atoms with Crippen molar-refractivity contribution in [3.05, 3.63) is 45.7 Å². The van der Waals surface area contributed by atoms with E-state index in [1.165, 1.54) is 5.56 Å². The minimum absolute atomic E-state index is 0.515. The van der Waals surface area contributed by atoms with E-state index in [0.29, 0.717) is 6.61 Å². The molecule has 0 amide bonds. The zero-order valence-electron chi connectivity index (χ0n) is 11.4. The number of aryl methyl sites for hydroxylation is 2. The first-order valence-electron chi connectivity index (χ1n) is 6.15. The van der Waals surface area contributed by atoms with Crippen LogP contribution in [0.4, 0.5) is 0 Å². The van der Waals surface area contributed by atoms with Gasteiger partial charge in [-0.05, 0) is 53.7 Å². The summed E-state index contributed by atoms with van der Waals surface area (Å²) in [5.74, 6) is 0.846. The highest BCUT2D eigenvalue weighted by atomic mass is 79.9. The van der Waals surface area contributed by atoms with Crippen LogP contribution < -0.4 is 10.1 Å². The largest absolute Gasteiger partial charge is 0.486 e. The number of nitrogens with one attached hydrogen (secondary N) is 1. The molecule has 0 aliphatic carbocycles. The minimum atomic E-state index is 0.515. The van der Waals surface area contributed by atoms with Gasteiger partial charge in [-0.1, -0.05) is 6.07 Å². The Morgan fingerprint density at radius 3 is 2.74 bits per heavy atom. The molecule has 0 aliphatic rings. The van der Waals surface area contributed by atoms with Crippen LogP contribution in [0.2, 0.25) is 0 Å². The van der Waals surface area contributed by atoms with Gasteiger partial charge in [0.1, 0.15) is 12.4 Å². The summed E-state index contributed by atoms with van der Waals surface area (Å²) < 4.78 is 8.64. The molecular formula is C14H18BrN3O. The van der Waals surface area contributed by atoms with Crippen LogP contribution in [-0.2, 0) is 20.2 Å². The van der Waals surface area contributed by atoms with Gasteiger partial charge in [-0.15, -0.1) is 0 Å². The van der Waals surface area contributed by atoms with E-state index in [1.54, 1.807) is 0 Å². The average Bonchev–Trinajstić information content (AvgIpc) is 2.67. The molecule has 2 rings (SSSR count). The number of nitrogens with zero attached hydrogens (tertiary/aromatic N) is 2. The third kappa shape index (κ3) is 3.58. The third-order valence-corrected chi connectivity index (χ3v) is 3.47. The van der Waals surface area contributed by atoms with E-state index in [-0.39, 0.29) is 0 Å². The monoisotopic (exact) mass is 323 g/mol. The molecule has 0 aliphatic heterocycles. The van der Waals surface area contributed by atoms with Crippen molar-refractivity contribution in [1.29, 1.82) is 0 Å². The second-order valence-corrected chi connectivity index (χ2v) is 5.34. The molecule has 19 heavy (non-hydrogen) atoms. The van der Waals surface area contributed by atoms with E-state index in [0.717, 1.165) is 28.2 Å². The van der Waals surface area contributed by atoms with Crippen molar-refractivity contribution < 1.29 is 4.74 Å². The first-order valence-corrected chi connectivity index (χ1v) is 6.95. The van der Waals surface area contributed by atoms with Crippen LogP contribution in [0, 0.1) is 6.92 Å². The normalized spacial score (nSPS) is 10.7. The predicted molar refractivity (Wildman–Crippen MR) is 79.2 cm³/mol. The van der Waals surface area contributed by atoms with Gasteiger partial charge in [0.2, 0.25) is 0 Å². The standard InChI is InChI=1S/C14H18BrN3O/c1-10-6-12(18(3)17-10)9-19-14-5-4-11(8-16-2)7-13(14)15/h4-7,16H,8-9H2,1-3H3. The number of benzene rings is 1. The van der Waals surface area contributed by atoms with Crippen molar-refractivity contribution in [1.82, 2.24) is 15.1 Å². The number of hydrogen-bond donors (Lipinski definition) is 1. The molecule has 102 valence electrons. The lowest BCUT2D eigenvalue weighted by Crippen LogP contribution is -2.06. The van der Waals surface area contributed by atoms with Crippen LogP contribution in [0.15, 0.2) is 28.7 Å². The summed E-state index contributed by atoms with van der Waals surface area (Å²) in [6, 6.07) is 8.15. The van der Waals surface area contributed by atoms with Gasteiger partial charge >= 0.3 is 0 Å². The van der Waals surface area contributed by atoms with Crippen LogP contribution in [-0.4, -0.2) is 16.8 Å². The molecule has 0 saturated carbocycles. The first-order chi connectivity index (χ1) is 9.10. The second kappa shape index (κ2) is 6.21. The highest BCUT2D eigenvalue weighted by Crippen LogP contribution is 2.26. The zero-order valence-corrected chi connectivity index (χ0v) is 13.0. The SMILES string of the molecule is CNCc1ccc(OCc2cc(C)nn2C)c(Br)c1. The fourth-order valence-electron chi connectivity index (χ4n) is 1.93. The van der Waals surface area contributed by atoms with Crippen molar-refractivity contribution in [3.63, 3.8) is 0 Å².